The van der Waals surface area contributed by atoms with Crippen LogP contribution in [0.2, 0.25) is 0 Å². The van der Waals surface area contributed by atoms with Crippen LogP contribution in [0.3, 0.4) is 0 Å². The molecule has 0 saturated heterocycles. The minimum Gasteiger partial charge on any atom is -0.330 e. The lowest BCUT2D eigenvalue weighted by Crippen LogP contribution is -2.37. The van der Waals surface area contributed by atoms with Crippen molar-refractivity contribution >= 4 is 51.2 Å². The molecule has 0 fully saturated rings. The molecule has 0 radical (unpaired) electrons. The minimum absolute atomic E-state index is 0.0728. The van der Waals surface area contributed by atoms with Gasteiger partial charge in [-0.05, 0) is 305 Å². The number of benzene rings is 16. The summed E-state index contributed by atoms with van der Waals surface area (Å²) in [6, 6.07) is 129. The van der Waals surface area contributed by atoms with E-state index < -0.39 is 0 Å². The summed E-state index contributed by atoms with van der Waals surface area (Å²) in [5, 5.41) is 10.3. The highest BCUT2D eigenvalue weighted by molar-refractivity contribution is 5.96. The van der Waals surface area contributed by atoms with Crippen molar-refractivity contribution in [2.75, 3.05) is 19.6 Å². The average Bonchev–Trinajstić information content (AvgIpc) is 0.717. The number of halogens is 2. The Morgan fingerprint density at radius 2 is 0.575 bits per heavy atom. The van der Waals surface area contributed by atoms with Crippen LogP contribution in [0.1, 0.15) is 50.1 Å². The van der Waals surface area contributed by atoms with E-state index in [1.165, 1.54) is 95.7 Å². The van der Waals surface area contributed by atoms with E-state index in [1.807, 2.05) is 48.5 Å². The van der Waals surface area contributed by atoms with Gasteiger partial charge in [-0.2, -0.15) is 5.26 Å². The first-order valence-corrected chi connectivity index (χ1v) is 50.0. The van der Waals surface area contributed by atoms with E-state index in [-0.39, 0.29) is 35.6 Å². The van der Waals surface area contributed by atoms with Crippen LogP contribution in [0.4, 0.5) is 60.0 Å². The maximum absolute atomic E-state index is 15.6. The number of rotatable bonds is 20. The molecule has 8 aliphatic carbocycles. The lowest BCUT2D eigenvalue weighted by Gasteiger charge is -2.44. The Hall–Kier alpha value is -18.1. The SMILES string of the molecule is Cc1ccc(-c2ccc(N(C3=C4C=CC5=C6C(=CC=C(C=C3)C46)C(N(c3cccc(F)c3)c3ccc(-c4ccc(C)cc4)cc3-c3ccc(C)cc3)C=C5)c3cccc(F)c3)c(-c3ccc(C)cc3)c2)cc1.[C-]#[N+]c1cccc(N(C2=C3C=CC4=C5C(=CC=C(C=C2)C35)C(N(c2cccc(C#N)c2)c2ccc(-c3ccc(C)cc3)cc2-c2ccc(C)cc2)C=C4)c2ccc(-c3ccc(C)cc3)cc2-c2ccc(C)cc2)c1. The van der Waals surface area contributed by atoms with Gasteiger partial charge in [-0.25, -0.2) is 13.6 Å². The van der Waals surface area contributed by atoms with Crippen molar-refractivity contribution in [3.8, 4) is 95.1 Å². The molecule has 146 heavy (non-hydrogen) atoms. The first-order valence-electron chi connectivity index (χ1n) is 50.0. The quantitative estimate of drug-likeness (QED) is 0.0712. The highest BCUT2D eigenvalue weighted by atomic mass is 19.1. The van der Waals surface area contributed by atoms with E-state index in [4.69, 9.17) is 6.57 Å². The number of hydrogen-bond acceptors (Lipinski definition) is 5. The van der Waals surface area contributed by atoms with Gasteiger partial charge in [0.05, 0.1) is 53.1 Å². The molecule has 0 aliphatic heterocycles. The molecule has 0 bridgehead atoms. The van der Waals surface area contributed by atoms with Crippen molar-refractivity contribution < 1.29 is 8.78 Å². The van der Waals surface area contributed by atoms with Crippen molar-refractivity contribution in [2.45, 2.75) is 67.5 Å². The predicted molar refractivity (Wildman–Crippen MR) is 602 cm³/mol. The molecule has 16 aromatic carbocycles. The maximum atomic E-state index is 15.6. The molecule has 24 rings (SSSR count). The standard InChI is InChI=1S/C70H52N4.C68H52F2N2/c1-45-12-20-50(21-13-45)56-32-38-67(63(41-56)52-24-16-47(3)17-25-52)73(59-10-6-8-49(40-59)44-71)65-36-30-54-29-35-62-66(37-31-55-28-34-61(65)69(54)70(55)62)74(60-11-7-9-58(43-60)72-5)68-39-33-57(51-22-14-46(2)15-23-51)42-64(68)53-26-18-48(4)19-27-53;1-43-11-19-47(20-12-43)53-31-37-65(61(39-53)49-23-15-45(3)16-24-49)71(57-9-5-7-55(69)41-57)63-35-29-51-28-34-60-64(36-30-52-27-33-59(63)67(51)68(52)60)72(58-10-6-8-56(70)42-58)66-38-32-54(48-21-13-44(2)14-22-48)40-62(66)50-25-17-46(4)18-26-50/h6-43,65,70H,1-4H3;5-42,63,68H,1-4H3. The summed E-state index contributed by atoms with van der Waals surface area (Å²) < 4.78 is 31.3. The van der Waals surface area contributed by atoms with Crippen molar-refractivity contribution in [3.63, 3.8) is 0 Å². The van der Waals surface area contributed by atoms with Crippen molar-refractivity contribution in [1.29, 1.82) is 5.26 Å². The molecule has 0 heterocycles. The van der Waals surface area contributed by atoms with Crippen molar-refractivity contribution in [2.24, 2.45) is 11.8 Å². The van der Waals surface area contributed by atoms with E-state index in [0.717, 1.165) is 163 Å². The summed E-state index contributed by atoms with van der Waals surface area (Å²) >= 11 is 0. The molecule has 4 unspecified atom stereocenters. The number of hydrogen-bond donors (Lipinski definition) is 0. The Balaban J connectivity index is 0.000000161. The molecule has 4 atom stereocenters. The molecular formula is C138H104F2N6. The maximum Gasteiger partial charge on any atom is 0.189 e. The molecule has 6 nitrogen and oxygen atoms in total. The first-order chi connectivity index (χ1) is 71.3. The van der Waals surface area contributed by atoms with E-state index in [1.54, 1.807) is 24.3 Å². The molecule has 0 N–H and O–H groups in total. The molecular weight excluding hydrogens is 1780 g/mol. The zero-order valence-corrected chi connectivity index (χ0v) is 82.6. The van der Waals surface area contributed by atoms with E-state index in [9.17, 15) is 5.26 Å². The van der Waals surface area contributed by atoms with E-state index >= 15 is 8.78 Å². The predicted octanol–water partition coefficient (Wildman–Crippen LogP) is 36.1. The minimum atomic E-state index is -0.307. The number of allylic oxidation sites excluding steroid dienone is 20. The molecule has 8 heteroatoms. The third-order valence-electron chi connectivity index (χ3n) is 29.6. The summed E-state index contributed by atoms with van der Waals surface area (Å²) in [4.78, 5) is 13.3. The van der Waals surface area contributed by atoms with Crippen LogP contribution in [0, 0.1) is 96.8 Å². The van der Waals surface area contributed by atoms with E-state index in [2.05, 4.69) is 462 Å². The van der Waals surface area contributed by atoms with Gasteiger partial charge >= 0.3 is 0 Å². The molecule has 0 spiro atoms. The van der Waals surface area contributed by atoms with Gasteiger partial charge in [0.25, 0.3) is 0 Å². The lowest BCUT2D eigenvalue weighted by atomic mass is 9.67. The van der Waals surface area contributed by atoms with Crippen molar-refractivity contribution in [3.05, 3.63) is 601 Å². The van der Waals surface area contributed by atoms with Gasteiger partial charge in [0.1, 0.15) is 11.6 Å². The third kappa shape index (κ3) is 17.6. The Kier molecular flexibility index (Phi) is 24.3. The fourth-order valence-corrected chi connectivity index (χ4v) is 21.9. The lowest BCUT2D eigenvalue weighted by molar-refractivity contribution is 0.627. The summed E-state index contributed by atoms with van der Waals surface area (Å²) in [6.45, 7) is 25.1. The molecule has 8 aliphatic rings. The fourth-order valence-electron chi connectivity index (χ4n) is 21.9. The molecule has 0 aromatic heterocycles. The van der Waals surface area contributed by atoms with Gasteiger partial charge in [0, 0.05) is 68.2 Å². The van der Waals surface area contributed by atoms with E-state index in [0.29, 0.717) is 11.3 Å². The topological polar surface area (TPSA) is 41.1 Å². The van der Waals surface area contributed by atoms with Crippen LogP contribution in [0.25, 0.3) is 93.9 Å². The highest BCUT2D eigenvalue weighted by Gasteiger charge is 2.44. The van der Waals surface area contributed by atoms with Gasteiger partial charge in [-0.15, -0.1) is 0 Å². The molecule has 700 valence electrons. The largest absolute Gasteiger partial charge is 0.330 e. The van der Waals surface area contributed by atoms with Crippen LogP contribution in [-0.2, 0) is 0 Å². The van der Waals surface area contributed by atoms with Gasteiger partial charge in [0.15, 0.2) is 5.69 Å². The number of nitriles is 1. The number of anilines is 8. The first kappa shape index (κ1) is 91.7. The molecule has 0 saturated carbocycles. The summed E-state index contributed by atoms with van der Waals surface area (Å²) in [6.07, 6.45) is 36.4. The van der Waals surface area contributed by atoms with Crippen LogP contribution in [-0.4, -0.2) is 12.1 Å². The fraction of sp³-hybridized carbons (Fsp3) is 0.0870. The second-order valence-electron chi connectivity index (χ2n) is 39.3. The zero-order valence-electron chi connectivity index (χ0n) is 82.6. The second-order valence-corrected chi connectivity index (χ2v) is 39.3. The van der Waals surface area contributed by atoms with Crippen molar-refractivity contribution in [1.82, 2.24) is 0 Å². The number of aryl methyl sites for hydroxylation is 8. The molecule has 0 amide bonds. The Morgan fingerprint density at radius 1 is 0.274 bits per heavy atom. The summed E-state index contributed by atoms with van der Waals surface area (Å²) in [5.41, 5.74) is 49.7. The normalized spacial score (nSPS) is 16.2. The van der Waals surface area contributed by atoms with Gasteiger partial charge in [-0.1, -0.05) is 378 Å². The van der Waals surface area contributed by atoms with Crippen LogP contribution >= 0.6 is 0 Å². The van der Waals surface area contributed by atoms with Gasteiger partial charge in [-0.3, -0.25) is 0 Å². The zero-order chi connectivity index (χ0) is 99.5. The monoisotopic (exact) mass is 1880 g/mol. The third-order valence-corrected chi connectivity index (χ3v) is 29.6. The Labute approximate surface area is 854 Å². The summed E-state index contributed by atoms with van der Waals surface area (Å²) in [7, 11) is 0. The van der Waals surface area contributed by atoms with Crippen LogP contribution < -0.4 is 19.6 Å². The molecule has 16 aromatic rings. The average molecular weight is 1880 g/mol. The Morgan fingerprint density at radius 3 is 0.925 bits per heavy atom. The van der Waals surface area contributed by atoms with Crippen LogP contribution in [0.15, 0.2) is 528 Å². The summed E-state index contributed by atoms with van der Waals surface area (Å²) in [5.74, 6) is -0.805. The van der Waals surface area contributed by atoms with Gasteiger partial charge < -0.3 is 19.6 Å². The van der Waals surface area contributed by atoms with Crippen LogP contribution in [0.5, 0.6) is 0 Å². The highest BCUT2D eigenvalue weighted by Crippen LogP contribution is 2.58. The number of nitrogens with zero attached hydrogens (tertiary/aromatic N) is 6. The smallest absolute Gasteiger partial charge is 0.189 e. The second kappa shape index (κ2) is 38.7. The van der Waals surface area contributed by atoms with Gasteiger partial charge in [0.2, 0.25) is 0 Å². The Bertz CT molecular complexity index is 8560.